The number of hydrogen-bond donors (Lipinski definition) is 2. The zero-order valence-electron chi connectivity index (χ0n) is 17.7. The summed E-state index contributed by atoms with van der Waals surface area (Å²) < 4.78 is 54.2. The minimum Gasteiger partial charge on any atom is -0.481 e. The van der Waals surface area contributed by atoms with E-state index in [4.69, 9.17) is 21.8 Å². The van der Waals surface area contributed by atoms with Gasteiger partial charge >= 0.3 is 23.8 Å². The molecule has 0 aliphatic carbocycles. The summed E-state index contributed by atoms with van der Waals surface area (Å²) in [6, 6.07) is 1.45. The highest BCUT2D eigenvalue weighted by atomic mass is 35.5. The predicted octanol–water partition coefficient (Wildman–Crippen LogP) is 1.84. The molecule has 1 unspecified atom stereocenters. The Morgan fingerprint density at radius 3 is 2.33 bits per heavy atom. The van der Waals surface area contributed by atoms with Crippen molar-refractivity contribution in [1.82, 2.24) is 14.0 Å². The fourth-order valence-corrected chi connectivity index (χ4v) is 4.50. The molecule has 1 aliphatic rings. The Kier molecular flexibility index (Phi) is 7.31. The van der Waals surface area contributed by atoms with Gasteiger partial charge in [-0.2, -0.15) is 13.2 Å². The van der Waals surface area contributed by atoms with Crippen molar-refractivity contribution in [2.45, 2.75) is 17.8 Å². The van der Waals surface area contributed by atoms with E-state index in [1.807, 2.05) is 0 Å². The van der Waals surface area contributed by atoms with Crippen LogP contribution in [0.3, 0.4) is 0 Å². The molecule has 2 heterocycles. The number of aromatic nitrogens is 2. The summed E-state index contributed by atoms with van der Waals surface area (Å²) in [6.07, 6.45) is -5.72. The number of hydrogen-bond acceptors (Lipinski definition) is 7. The molecular formula is C19H13ClF4N4O7S. The van der Waals surface area contributed by atoms with Crippen molar-refractivity contribution >= 4 is 52.1 Å². The molecule has 1 aliphatic heterocycles. The van der Waals surface area contributed by atoms with E-state index in [0.29, 0.717) is 22.7 Å². The van der Waals surface area contributed by atoms with E-state index in [1.54, 1.807) is 0 Å². The Labute approximate surface area is 206 Å². The molecule has 0 radical (unpaired) electrons. The monoisotopic (exact) mass is 552 g/mol. The van der Waals surface area contributed by atoms with Crippen molar-refractivity contribution in [2.75, 3.05) is 6.54 Å². The number of alkyl halides is 3. The van der Waals surface area contributed by atoms with Gasteiger partial charge in [0.25, 0.3) is 5.56 Å². The van der Waals surface area contributed by atoms with Crippen molar-refractivity contribution in [3.63, 3.8) is 0 Å². The van der Waals surface area contributed by atoms with Crippen LogP contribution in [0.5, 0.6) is 0 Å². The maximum atomic E-state index is 14.7. The molecule has 17 heteroatoms. The number of halogens is 5. The number of amides is 1. The third-order valence-corrected chi connectivity index (χ3v) is 6.24. The van der Waals surface area contributed by atoms with Crippen LogP contribution in [-0.4, -0.2) is 59.1 Å². The SMILES string of the molecule is Cn1c(C(F)(F)F)cc(=O)n(-c2cc(/N=C3\SC(CC(=O)O)C(=O)N3CC(=O)O)c(Cl)cc2F)c1=O. The minimum atomic E-state index is -5.05. The van der Waals surface area contributed by atoms with Gasteiger partial charge in [-0.15, -0.1) is 0 Å². The van der Waals surface area contributed by atoms with Crippen molar-refractivity contribution < 1.29 is 42.2 Å². The summed E-state index contributed by atoms with van der Waals surface area (Å²) >= 11 is 6.57. The molecule has 0 saturated carbocycles. The number of rotatable bonds is 6. The first kappa shape index (κ1) is 26.9. The van der Waals surface area contributed by atoms with Crippen LogP contribution in [0.15, 0.2) is 32.8 Å². The Morgan fingerprint density at radius 1 is 1.14 bits per heavy atom. The number of nitrogens with zero attached hydrogens (tertiary/aromatic N) is 4. The summed E-state index contributed by atoms with van der Waals surface area (Å²) in [4.78, 5) is 64.2. The average molecular weight is 553 g/mol. The molecule has 1 aromatic carbocycles. The largest absolute Gasteiger partial charge is 0.481 e. The topological polar surface area (TPSA) is 151 Å². The number of aliphatic imine (C=N–C) groups is 1. The first-order valence-electron chi connectivity index (χ1n) is 9.51. The fraction of sp³-hybridized carbons (Fsp3) is 0.263. The summed E-state index contributed by atoms with van der Waals surface area (Å²) in [5.41, 5.74) is -5.82. The van der Waals surface area contributed by atoms with E-state index in [0.717, 1.165) is 13.1 Å². The number of carboxylic acid groups (broad SMARTS) is 2. The van der Waals surface area contributed by atoms with Crippen LogP contribution in [0.25, 0.3) is 5.69 Å². The first-order chi connectivity index (χ1) is 16.6. The van der Waals surface area contributed by atoms with Gasteiger partial charge in [-0.05, 0) is 12.1 Å². The van der Waals surface area contributed by atoms with E-state index >= 15 is 0 Å². The number of aliphatic carboxylic acids is 2. The minimum absolute atomic E-state index is 0.0948. The molecule has 1 amide bonds. The van der Waals surface area contributed by atoms with Gasteiger partial charge in [-0.1, -0.05) is 23.4 Å². The van der Waals surface area contributed by atoms with Crippen LogP contribution in [0, 0.1) is 5.82 Å². The van der Waals surface area contributed by atoms with E-state index in [9.17, 15) is 41.5 Å². The summed E-state index contributed by atoms with van der Waals surface area (Å²) in [5, 5.41) is 16.1. The molecule has 0 bridgehead atoms. The molecule has 3 rings (SSSR count). The number of benzene rings is 1. The van der Waals surface area contributed by atoms with Crippen LogP contribution in [0.1, 0.15) is 12.1 Å². The summed E-state index contributed by atoms with van der Waals surface area (Å²) in [6.45, 7) is -0.897. The molecule has 11 nitrogen and oxygen atoms in total. The maximum absolute atomic E-state index is 14.7. The van der Waals surface area contributed by atoms with Gasteiger partial charge in [0.1, 0.15) is 23.3 Å². The summed E-state index contributed by atoms with van der Waals surface area (Å²) in [5.74, 6) is -4.96. The predicted molar refractivity (Wildman–Crippen MR) is 117 cm³/mol. The number of amidine groups is 1. The van der Waals surface area contributed by atoms with Gasteiger partial charge in [-0.3, -0.25) is 28.6 Å². The third-order valence-electron chi connectivity index (χ3n) is 4.76. The normalized spacial score (nSPS) is 17.2. The molecule has 0 spiro atoms. The zero-order chi connectivity index (χ0) is 27.1. The highest BCUT2D eigenvalue weighted by Crippen LogP contribution is 2.35. The fourth-order valence-electron chi connectivity index (χ4n) is 3.17. The van der Waals surface area contributed by atoms with Gasteiger partial charge in [0, 0.05) is 13.1 Å². The highest BCUT2D eigenvalue weighted by molar-refractivity contribution is 8.15. The van der Waals surface area contributed by atoms with Gasteiger partial charge in [0.15, 0.2) is 5.17 Å². The lowest BCUT2D eigenvalue weighted by molar-refractivity contribution is -0.144. The van der Waals surface area contributed by atoms with Crippen LogP contribution in [-0.2, 0) is 27.6 Å². The molecular weight excluding hydrogens is 540 g/mol. The molecule has 1 aromatic heterocycles. The van der Waals surface area contributed by atoms with Crippen LogP contribution in [0.2, 0.25) is 5.02 Å². The zero-order valence-corrected chi connectivity index (χ0v) is 19.3. The van der Waals surface area contributed by atoms with Crippen LogP contribution in [0.4, 0.5) is 23.2 Å². The molecule has 2 aromatic rings. The second-order valence-electron chi connectivity index (χ2n) is 7.21. The van der Waals surface area contributed by atoms with E-state index in [-0.39, 0.29) is 26.1 Å². The Balaban J connectivity index is 2.18. The second-order valence-corrected chi connectivity index (χ2v) is 8.79. The van der Waals surface area contributed by atoms with Crippen molar-refractivity contribution in [2.24, 2.45) is 12.0 Å². The van der Waals surface area contributed by atoms with Crippen molar-refractivity contribution in [1.29, 1.82) is 0 Å². The lowest BCUT2D eigenvalue weighted by Gasteiger charge is -2.15. The Hall–Kier alpha value is -3.66. The highest BCUT2D eigenvalue weighted by Gasteiger charge is 2.40. The Morgan fingerprint density at radius 2 is 1.78 bits per heavy atom. The molecule has 1 atom stereocenters. The van der Waals surface area contributed by atoms with Gasteiger partial charge in [0.05, 0.1) is 22.8 Å². The van der Waals surface area contributed by atoms with E-state index < -0.39 is 75.7 Å². The third kappa shape index (κ3) is 5.28. The molecule has 192 valence electrons. The quantitative estimate of drug-likeness (QED) is 0.515. The number of carboxylic acids is 2. The maximum Gasteiger partial charge on any atom is 0.431 e. The lowest BCUT2D eigenvalue weighted by Crippen LogP contribution is -2.41. The molecule has 1 saturated heterocycles. The standard InChI is InChI=1S/C19H13ClF4N4O7S/c1-26-12(19(22,23)24)5-13(29)28(18(26)35)10-3-9(7(20)2-8(10)21)25-17-27(6-15(32)33)16(34)11(36-17)4-14(30)31/h2-3,5,11H,4,6H2,1H3,(H,30,31)(H,32,33)/b25-17-. The second kappa shape index (κ2) is 9.77. The molecule has 1 fully saturated rings. The van der Waals surface area contributed by atoms with Crippen molar-refractivity contribution in [3.05, 3.63) is 55.6 Å². The van der Waals surface area contributed by atoms with Crippen LogP contribution >= 0.6 is 23.4 Å². The van der Waals surface area contributed by atoms with E-state index in [2.05, 4.69) is 4.99 Å². The lowest BCUT2D eigenvalue weighted by atomic mass is 10.2. The van der Waals surface area contributed by atoms with E-state index in [1.165, 1.54) is 0 Å². The Bertz CT molecular complexity index is 1440. The molecule has 36 heavy (non-hydrogen) atoms. The van der Waals surface area contributed by atoms with Crippen LogP contribution < -0.4 is 11.2 Å². The average Bonchev–Trinajstić information content (AvgIpc) is 3.00. The summed E-state index contributed by atoms with van der Waals surface area (Å²) in [7, 11) is 0.725. The van der Waals surface area contributed by atoms with Gasteiger partial charge in [-0.25, -0.2) is 18.7 Å². The van der Waals surface area contributed by atoms with Gasteiger partial charge in [0.2, 0.25) is 5.91 Å². The smallest absolute Gasteiger partial charge is 0.431 e. The first-order valence-corrected chi connectivity index (χ1v) is 10.8. The molecule has 2 N–H and O–H groups in total. The number of thioether (sulfide) groups is 1. The number of carbonyl (C=O) groups excluding carboxylic acids is 1. The van der Waals surface area contributed by atoms with Crippen molar-refractivity contribution in [3.8, 4) is 5.69 Å². The van der Waals surface area contributed by atoms with Gasteiger partial charge < -0.3 is 10.2 Å². The number of carbonyl (C=O) groups is 3.